The zero-order valence-electron chi connectivity index (χ0n) is 16.8. The van der Waals surface area contributed by atoms with Gasteiger partial charge in [-0.2, -0.15) is 0 Å². The largest absolute Gasteiger partial charge is 0.384 e. The third kappa shape index (κ3) is 3.61. The van der Waals surface area contributed by atoms with Crippen molar-refractivity contribution in [1.29, 1.82) is 0 Å². The number of aryl methyl sites for hydroxylation is 2. The Morgan fingerprint density at radius 1 is 1.17 bits per heavy atom. The minimum absolute atomic E-state index is 0.541. The van der Waals surface area contributed by atoms with Crippen LogP contribution in [-0.4, -0.2) is 22.6 Å². The second kappa shape index (κ2) is 7.90. The van der Waals surface area contributed by atoms with Crippen LogP contribution in [0.2, 0.25) is 5.02 Å². The van der Waals surface area contributed by atoms with Crippen LogP contribution < -0.4 is 11.1 Å². The molecule has 0 amide bonds. The quantitative estimate of drug-likeness (QED) is 0.455. The van der Waals surface area contributed by atoms with Gasteiger partial charge in [0.2, 0.25) is 0 Å². The van der Waals surface area contributed by atoms with Gasteiger partial charge in [-0.1, -0.05) is 29.8 Å². The van der Waals surface area contributed by atoms with Crippen LogP contribution in [0.5, 0.6) is 0 Å². The Labute approximate surface area is 176 Å². The molecular weight excluding hydrogens is 380 g/mol. The van der Waals surface area contributed by atoms with Crippen LogP contribution in [0.25, 0.3) is 38.8 Å². The molecule has 0 spiro atoms. The van der Waals surface area contributed by atoms with E-state index in [9.17, 15) is 0 Å². The van der Waals surface area contributed by atoms with Crippen LogP contribution >= 0.6 is 11.6 Å². The highest BCUT2D eigenvalue weighted by Gasteiger charge is 2.15. The molecule has 0 unspecified atom stereocenters. The van der Waals surface area contributed by atoms with Crippen LogP contribution in [0.15, 0.2) is 55.2 Å². The monoisotopic (exact) mass is 404 g/mol. The van der Waals surface area contributed by atoms with Crippen LogP contribution in [0, 0.1) is 6.92 Å². The molecule has 3 N–H and O–H groups in total. The van der Waals surface area contributed by atoms with Crippen LogP contribution in [-0.2, 0) is 6.54 Å². The minimum Gasteiger partial charge on any atom is -0.384 e. The summed E-state index contributed by atoms with van der Waals surface area (Å²) in [5.41, 5.74) is 12.9. The topological polar surface area (TPSA) is 55.9 Å². The normalized spacial score (nSPS) is 11.3. The summed E-state index contributed by atoms with van der Waals surface area (Å²) in [4.78, 5) is 4.97. The zero-order valence-corrected chi connectivity index (χ0v) is 17.6. The van der Waals surface area contributed by atoms with Crippen molar-refractivity contribution in [3.63, 3.8) is 0 Å². The fourth-order valence-corrected chi connectivity index (χ4v) is 3.95. The lowest BCUT2D eigenvalue weighted by Crippen LogP contribution is -2.20. The summed E-state index contributed by atoms with van der Waals surface area (Å²) in [6.07, 6.45) is 2.19. The number of nitrogens with two attached hydrogens (primary N) is 1. The Morgan fingerprint density at radius 2 is 2.00 bits per heavy atom. The number of rotatable bonds is 6. The molecule has 2 aromatic heterocycles. The van der Waals surface area contributed by atoms with Gasteiger partial charge in [0, 0.05) is 64.0 Å². The SMILES string of the molecule is C=C(NCCN)c1cc(-c2cn(CC)c3ccc(C)cc23)nc2ccc(Cl)cc12. The number of benzene rings is 2. The summed E-state index contributed by atoms with van der Waals surface area (Å²) in [6.45, 7) is 10.6. The van der Waals surface area contributed by atoms with E-state index in [0.29, 0.717) is 18.1 Å². The molecule has 2 heterocycles. The van der Waals surface area contributed by atoms with Gasteiger partial charge in [0.05, 0.1) is 11.2 Å². The van der Waals surface area contributed by atoms with Gasteiger partial charge in [-0.3, -0.25) is 0 Å². The van der Waals surface area contributed by atoms with E-state index < -0.39 is 0 Å². The summed E-state index contributed by atoms with van der Waals surface area (Å²) in [6, 6.07) is 14.4. The number of aromatic nitrogens is 2. The van der Waals surface area contributed by atoms with Gasteiger partial charge < -0.3 is 15.6 Å². The highest BCUT2D eigenvalue weighted by Crippen LogP contribution is 2.34. The lowest BCUT2D eigenvalue weighted by atomic mass is 10.0. The van der Waals surface area contributed by atoms with Crippen molar-refractivity contribution in [3.05, 3.63) is 71.4 Å². The molecule has 148 valence electrons. The van der Waals surface area contributed by atoms with E-state index in [-0.39, 0.29) is 0 Å². The van der Waals surface area contributed by atoms with E-state index >= 15 is 0 Å². The second-order valence-electron chi connectivity index (χ2n) is 7.26. The second-order valence-corrected chi connectivity index (χ2v) is 7.70. The summed E-state index contributed by atoms with van der Waals surface area (Å²) in [5.74, 6) is 0. The molecule has 0 saturated carbocycles. The van der Waals surface area contributed by atoms with Crippen molar-refractivity contribution in [2.24, 2.45) is 5.73 Å². The molecule has 0 aliphatic heterocycles. The van der Waals surface area contributed by atoms with E-state index in [2.05, 4.69) is 60.8 Å². The molecule has 4 rings (SSSR count). The number of hydrogen-bond acceptors (Lipinski definition) is 3. The number of nitrogens with one attached hydrogen (secondary N) is 1. The molecule has 0 saturated heterocycles. The third-order valence-corrected chi connectivity index (χ3v) is 5.47. The molecule has 0 aliphatic carbocycles. The maximum atomic E-state index is 6.27. The predicted octanol–water partition coefficient (Wildman–Crippen LogP) is 5.36. The molecule has 0 fully saturated rings. The zero-order chi connectivity index (χ0) is 20.5. The Morgan fingerprint density at radius 3 is 2.76 bits per heavy atom. The lowest BCUT2D eigenvalue weighted by molar-refractivity contribution is 0.798. The maximum Gasteiger partial charge on any atom is 0.0738 e. The molecular formula is C24H25ClN4. The first-order valence-corrected chi connectivity index (χ1v) is 10.2. The first-order valence-electron chi connectivity index (χ1n) is 9.85. The Kier molecular flexibility index (Phi) is 5.31. The molecule has 0 bridgehead atoms. The molecule has 29 heavy (non-hydrogen) atoms. The summed E-state index contributed by atoms with van der Waals surface area (Å²) in [7, 11) is 0. The number of fused-ring (bicyclic) bond motifs is 2. The molecule has 5 heteroatoms. The van der Waals surface area contributed by atoms with Crippen molar-refractivity contribution in [1.82, 2.24) is 14.9 Å². The number of pyridine rings is 1. The first-order chi connectivity index (χ1) is 14.0. The molecule has 0 radical (unpaired) electrons. The van der Waals surface area contributed by atoms with Crippen LogP contribution in [0.3, 0.4) is 0 Å². The van der Waals surface area contributed by atoms with Gasteiger partial charge >= 0.3 is 0 Å². The minimum atomic E-state index is 0.541. The van der Waals surface area contributed by atoms with E-state index in [0.717, 1.165) is 40.0 Å². The van der Waals surface area contributed by atoms with Crippen molar-refractivity contribution in [2.75, 3.05) is 13.1 Å². The maximum absolute atomic E-state index is 6.27. The highest BCUT2D eigenvalue weighted by molar-refractivity contribution is 6.31. The van der Waals surface area contributed by atoms with Crippen LogP contribution in [0.1, 0.15) is 18.1 Å². The van der Waals surface area contributed by atoms with Gasteiger partial charge in [-0.15, -0.1) is 0 Å². The molecule has 4 aromatic rings. The smallest absolute Gasteiger partial charge is 0.0738 e. The van der Waals surface area contributed by atoms with E-state index in [1.807, 2.05) is 18.2 Å². The molecule has 0 atom stereocenters. The molecule has 2 aromatic carbocycles. The average molecular weight is 405 g/mol. The van der Waals surface area contributed by atoms with Crippen molar-refractivity contribution in [3.8, 4) is 11.3 Å². The summed E-state index contributed by atoms with van der Waals surface area (Å²) >= 11 is 6.27. The fourth-order valence-electron chi connectivity index (χ4n) is 3.78. The van der Waals surface area contributed by atoms with Crippen molar-refractivity contribution < 1.29 is 0 Å². The predicted molar refractivity (Wildman–Crippen MR) is 124 cm³/mol. The van der Waals surface area contributed by atoms with Gasteiger partial charge in [-0.05, 0) is 50.2 Å². The molecule has 4 nitrogen and oxygen atoms in total. The number of halogens is 1. The van der Waals surface area contributed by atoms with Crippen LogP contribution in [0.4, 0.5) is 0 Å². The van der Waals surface area contributed by atoms with Crippen molar-refractivity contribution in [2.45, 2.75) is 20.4 Å². The van der Waals surface area contributed by atoms with Gasteiger partial charge in [0.1, 0.15) is 0 Å². The number of hydrogen-bond donors (Lipinski definition) is 2. The third-order valence-electron chi connectivity index (χ3n) is 5.23. The standard InChI is InChI=1S/C24H25ClN4/c1-4-29-14-21(20-11-15(2)5-8-24(20)29)23-13-18(16(3)27-10-9-26)19-12-17(25)6-7-22(19)28-23/h5-8,11-14,27H,3-4,9-10,26H2,1-2H3. The van der Waals surface area contributed by atoms with Gasteiger partial charge in [0.15, 0.2) is 0 Å². The average Bonchev–Trinajstić information content (AvgIpc) is 3.09. The summed E-state index contributed by atoms with van der Waals surface area (Å²) in [5, 5.41) is 6.17. The summed E-state index contributed by atoms with van der Waals surface area (Å²) < 4.78 is 2.26. The first kappa shape index (κ1) is 19.5. The van der Waals surface area contributed by atoms with Gasteiger partial charge in [-0.25, -0.2) is 4.98 Å². The Balaban J connectivity index is 1.98. The Hall–Kier alpha value is -2.82. The van der Waals surface area contributed by atoms with E-state index in [1.165, 1.54) is 16.5 Å². The fraction of sp³-hybridized carbons (Fsp3) is 0.208. The number of nitrogens with zero attached hydrogens (tertiary/aromatic N) is 2. The highest BCUT2D eigenvalue weighted by atomic mass is 35.5. The lowest BCUT2D eigenvalue weighted by Gasteiger charge is -2.14. The van der Waals surface area contributed by atoms with E-state index in [1.54, 1.807) is 0 Å². The Bertz CT molecular complexity index is 1220. The van der Waals surface area contributed by atoms with Gasteiger partial charge in [0.25, 0.3) is 0 Å². The van der Waals surface area contributed by atoms with E-state index in [4.69, 9.17) is 22.3 Å². The van der Waals surface area contributed by atoms with Crippen molar-refractivity contribution >= 4 is 39.1 Å². The molecule has 0 aliphatic rings.